The second-order valence-corrected chi connectivity index (χ2v) is 8.43. The van der Waals surface area contributed by atoms with Gasteiger partial charge in [0.25, 0.3) is 0 Å². The van der Waals surface area contributed by atoms with Gasteiger partial charge in [-0.1, -0.05) is 18.5 Å². The normalized spacial score (nSPS) is 17.8. The zero-order chi connectivity index (χ0) is 17.9. The number of pyridine rings is 1. The summed E-state index contributed by atoms with van der Waals surface area (Å²) in [6, 6.07) is 4.67. The van der Waals surface area contributed by atoms with Gasteiger partial charge in [0.05, 0.1) is 10.5 Å². The third kappa shape index (κ3) is 3.77. The molecule has 1 aromatic heterocycles. The van der Waals surface area contributed by atoms with E-state index in [1.165, 1.54) is 92.4 Å². The molecule has 1 aliphatic heterocycles. The number of hydrogen-bond acceptors (Lipinski definition) is 2. The molecule has 2 aliphatic rings. The average Bonchev–Trinajstić information content (AvgIpc) is 3.18. The van der Waals surface area contributed by atoms with Crippen LogP contribution >= 0.6 is 11.6 Å². The first-order chi connectivity index (χ1) is 12.8. The van der Waals surface area contributed by atoms with Crippen LogP contribution in [0.2, 0.25) is 5.02 Å². The highest BCUT2D eigenvalue weighted by Gasteiger charge is 2.18. The third-order valence-electron chi connectivity index (χ3n) is 6.26. The van der Waals surface area contributed by atoms with Gasteiger partial charge in [0.2, 0.25) is 0 Å². The molecule has 1 aromatic carbocycles. The molecule has 2 heterocycles. The van der Waals surface area contributed by atoms with Gasteiger partial charge in [0, 0.05) is 11.1 Å². The van der Waals surface area contributed by atoms with Crippen molar-refractivity contribution < 1.29 is 0 Å². The molecule has 0 bridgehead atoms. The summed E-state index contributed by atoms with van der Waals surface area (Å²) in [6.07, 6.45) is 12.3. The highest BCUT2D eigenvalue weighted by molar-refractivity contribution is 6.36. The van der Waals surface area contributed by atoms with Crippen molar-refractivity contribution in [3.63, 3.8) is 0 Å². The number of rotatable bonds is 6. The molecule has 0 atom stereocenters. The van der Waals surface area contributed by atoms with E-state index in [2.05, 4.69) is 24.0 Å². The van der Waals surface area contributed by atoms with E-state index < -0.39 is 0 Å². The van der Waals surface area contributed by atoms with Gasteiger partial charge in [-0.25, -0.2) is 0 Å². The summed E-state index contributed by atoms with van der Waals surface area (Å²) in [6.45, 7) is 6.15. The van der Waals surface area contributed by atoms with Crippen molar-refractivity contribution in [1.82, 2.24) is 9.88 Å². The molecular weight excluding hydrogens is 340 g/mol. The number of benzene rings is 1. The Hall–Kier alpha value is -1.12. The number of nitrogens with zero attached hydrogens (tertiary/aromatic N) is 2. The van der Waals surface area contributed by atoms with Gasteiger partial charge in [0.15, 0.2) is 0 Å². The number of hydrogen-bond donors (Lipinski definition) is 0. The Labute approximate surface area is 162 Å². The second-order valence-electron chi connectivity index (χ2n) is 8.06. The first kappa shape index (κ1) is 18.3. The predicted octanol–water partition coefficient (Wildman–Crippen LogP) is 5.75. The lowest BCUT2D eigenvalue weighted by atomic mass is 9.92. The third-order valence-corrected chi connectivity index (χ3v) is 6.70. The Bertz CT molecular complexity index is 778. The Kier molecular flexibility index (Phi) is 5.81. The molecular formula is C23H31ClN2. The van der Waals surface area contributed by atoms with Crippen LogP contribution in [0.3, 0.4) is 0 Å². The number of unbranched alkanes of at least 4 members (excludes halogenated alkanes) is 1. The quantitative estimate of drug-likeness (QED) is 0.602. The molecule has 140 valence electrons. The highest BCUT2D eigenvalue weighted by atomic mass is 35.5. The van der Waals surface area contributed by atoms with Crippen LogP contribution in [0.25, 0.3) is 10.9 Å². The minimum Gasteiger partial charge on any atom is -0.303 e. The average molecular weight is 371 g/mol. The summed E-state index contributed by atoms with van der Waals surface area (Å²) in [5.41, 5.74) is 6.62. The molecule has 0 saturated carbocycles. The number of aromatic nitrogens is 1. The minimum atomic E-state index is 0.972. The zero-order valence-corrected chi connectivity index (χ0v) is 16.9. The van der Waals surface area contributed by atoms with Crippen molar-refractivity contribution in [1.29, 1.82) is 0 Å². The van der Waals surface area contributed by atoms with Crippen molar-refractivity contribution in [2.45, 2.75) is 71.1 Å². The number of likely N-dealkylation sites (tertiary alicyclic amines) is 1. The lowest BCUT2D eigenvalue weighted by Gasteiger charge is -2.19. The standard InChI is InChI=1S/C23H31ClN2/c1-2-17-15-20-22(25-21-11-4-3-10-19(21)23(20)24)16-18(17)9-5-6-12-26-13-7-8-14-26/h15-16H,2-14H2,1H3. The molecule has 1 saturated heterocycles. The van der Waals surface area contributed by atoms with Gasteiger partial charge in [-0.3, -0.25) is 4.98 Å². The fraction of sp³-hybridized carbons (Fsp3) is 0.609. The van der Waals surface area contributed by atoms with Crippen molar-refractivity contribution in [2.75, 3.05) is 19.6 Å². The fourth-order valence-corrected chi connectivity index (χ4v) is 5.08. The van der Waals surface area contributed by atoms with Gasteiger partial charge in [0.1, 0.15) is 0 Å². The van der Waals surface area contributed by atoms with E-state index in [0.717, 1.165) is 29.8 Å². The molecule has 2 aromatic rings. The minimum absolute atomic E-state index is 0.972. The summed E-state index contributed by atoms with van der Waals surface area (Å²) >= 11 is 6.79. The van der Waals surface area contributed by atoms with Crippen LogP contribution < -0.4 is 0 Å². The Morgan fingerprint density at radius 3 is 2.62 bits per heavy atom. The lowest BCUT2D eigenvalue weighted by Crippen LogP contribution is -2.20. The summed E-state index contributed by atoms with van der Waals surface area (Å²) in [4.78, 5) is 7.63. The Morgan fingerprint density at radius 1 is 1.00 bits per heavy atom. The lowest BCUT2D eigenvalue weighted by molar-refractivity contribution is 0.330. The van der Waals surface area contributed by atoms with E-state index in [-0.39, 0.29) is 0 Å². The van der Waals surface area contributed by atoms with Crippen molar-refractivity contribution >= 4 is 22.5 Å². The second kappa shape index (κ2) is 8.27. The van der Waals surface area contributed by atoms with Crippen molar-refractivity contribution in [2.24, 2.45) is 0 Å². The fourth-order valence-electron chi connectivity index (χ4n) is 4.72. The first-order valence-corrected chi connectivity index (χ1v) is 11.0. The van der Waals surface area contributed by atoms with Crippen molar-refractivity contribution in [3.8, 4) is 0 Å². The van der Waals surface area contributed by atoms with Gasteiger partial charge < -0.3 is 4.90 Å². The van der Waals surface area contributed by atoms with Crippen LogP contribution in [-0.4, -0.2) is 29.5 Å². The molecule has 26 heavy (non-hydrogen) atoms. The molecule has 0 amide bonds. The SMILES string of the molecule is CCc1cc2c(Cl)c3c(nc2cc1CCCCN1CCCC1)CCCC3. The molecule has 4 rings (SSSR count). The summed E-state index contributed by atoms with van der Waals surface area (Å²) in [7, 11) is 0. The monoisotopic (exact) mass is 370 g/mol. The summed E-state index contributed by atoms with van der Waals surface area (Å²) in [5.74, 6) is 0. The van der Waals surface area contributed by atoms with Crippen molar-refractivity contribution in [3.05, 3.63) is 39.5 Å². The predicted molar refractivity (Wildman–Crippen MR) is 111 cm³/mol. The van der Waals surface area contributed by atoms with Gasteiger partial charge in [-0.05, 0) is 113 Å². The molecule has 3 heteroatoms. The van der Waals surface area contributed by atoms with Crippen LogP contribution in [0.1, 0.15) is 67.8 Å². The molecule has 0 unspecified atom stereocenters. The van der Waals surface area contributed by atoms with Crippen LogP contribution in [0.4, 0.5) is 0 Å². The van der Waals surface area contributed by atoms with Gasteiger partial charge >= 0.3 is 0 Å². The van der Waals surface area contributed by atoms with Crippen LogP contribution in [0.5, 0.6) is 0 Å². The van der Waals surface area contributed by atoms with Gasteiger partial charge in [-0.15, -0.1) is 0 Å². The maximum Gasteiger partial charge on any atom is 0.0723 e. The van der Waals surface area contributed by atoms with E-state index in [1.54, 1.807) is 0 Å². The van der Waals surface area contributed by atoms with E-state index in [9.17, 15) is 0 Å². The summed E-state index contributed by atoms with van der Waals surface area (Å²) in [5, 5.41) is 2.14. The number of fused-ring (bicyclic) bond motifs is 2. The van der Waals surface area contributed by atoms with Crippen LogP contribution in [0.15, 0.2) is 12.1 Å². The summed E-state index contributed by atoms with van der Waals surface area (Å²) < 4.78 is 0. The maximum absolute atomic E-state index is 6.79. The zero-order valence-electron chi connectivity index (χ0n) is 16.1. The maximum atomic E-state index is 6.79. The molecule has 1 aliphatic carbocycles. The van der Waals surface area contributed by atoms with Crippen LogP contribution in [-0.2, 0) is 25.7 Å². The topological polar surface area (TPSA) is 16.1 Å². The molecule has 1 fully saturated rings. The number of halogens is 1. The van der Waals surface area contributed by atoms with Crippen LogP contribution in [0, 0.1) is 0 Å². The van der Waals surface area contributed by atoms with E-state index >= 15 is 0 Å². The number of aryl methyl sites for hydroxylation is 3. The van der Waals surface area contributed by atoms with E-state index in [0.29, 0.717) is 0 Å². The van der Waals surface area contributed by atoms with E-state index in [4.69, 9.17) is 16.6 Å². The van der Waals surface area contributed by atoms with E-state index in [1.807, 2.05) is 0 Å². The molecule has 0 radical (unpaired) electrons. The molecule has 2 nitrogen and oxygen atoms in total. The highest BCUT2D eigenvalue weighted by Crippen LogP contribution is 2.34. The van der Waals surface area contributed by atoms with Gasteiger partial charge in [-0.2, -0.15) is 0 Å². The molecule has 0 spiro atoms. The first-order valence-electron chi connectivity index (χ1n) is 10.6. The molecule has 0 N–H and O–H groups in total. The smallest absolute Gasteiger partial charge is 0.0723 e. The Morgan fingerprint density at radius 2 is 1.81 bits per heavy atom. The Balaban J connectivity index is 1.53. The largest absolute Gasteiger partial charge is 0.303 e.